The number of halogens is 1. The molecule has 0 saturated carbocycles. The molecule has 6 heteroatoms. The monoisotopic (exact) mass is 281 g/mol. The molecule has 1 amide bonds. The van der Waals surface area contributed by atoms with Gasteiger partial charge in [-0.15, -0.1) is 0 Å². The fourth-order valence-corrected chi connectivity index (χ4v) is 1.52. The minimum absolute atomic E-state index is 0.192. The maximum Gasteiger partial charge on any atom is 0.294 e. The number of oxazole rings is 1. The average molecular weight is 282 g/mol. The number of amides is 1. The lowest BCUT2D eigenvalue weighted by Crippen LogP contribution is -2.13. The zero-order chi connectivity index (χ0) is 11.5. The van der Waals surface area contributed by atoms with Crippen LogP contribution >= 0.6 is 15.9 Å². The first kappa shape index (κ1) is 10.8. The predicted octanol–water partition coefficient (Wildman–Crippen LogP) is 2.39. The van der Waals surface area contributed by atoms with Crippen molar-refractivity contribution in [1.29, 1.82) is 0 Å². The van der Waals surface area contributed by atoms with Gasteiger partial charge in [-0.3, -0.25) is 4.79 Å². The Labute approximate surface area is 100 Å². The van der Waals surface area contributed by atoms with Crippen molar-refractivity contribution in [3.63, 3.8) is 0 Å². The minimum atomic E-state index is -0.366. The molecule has 5 nitrogen and oxygen atoms in total. The van der Waals surface area contributed by atoms with E-state index in [2.05, 4.69) is 31.2 Å². The van der Waals surface area contributed by atoms with Gasteiger partial charge in [-0.05, 0) is 35.0 Å². The molecular formula is C10H8BrN3O2. The van der Waals surface area contributed by atoms with E-state index in [-0.39, 0.29) is 11.7 Å². The number of nitrogens with zero attached hydrogens (tertiary/aromatic N) is 2. The van der Waals surface area contributed by atoms with E-state index in [1.165, 1.54) is 6.39 Å². The van der Waals surface area contributed by atoms with Crippen LogP contribution < -0.4 is 5.32 Å². The summed E-state index contributed by atoms with van der Waals surface area (Å²) in [5, 5.41) is 2.62. The summed E-state index contributed by atoms with van der Waals surface area (Å²) in [6.07, 6.45) is 2.82. The van der Waals surface area contributed by atoms with E-state index >= 15 is 0 Å². The highest BCUT2D eigenvalue weighted by atomic mass is 79.9. The molecule has 0 unspecified atom stereocenters. The summed E-state index contributed by atoms with van der Waals surface area (Å²) in [5.41, 5.74) is 0.546. The fraction of sp³-hybridized carbons (Fsp3) is 0.100. The van der Waals surface area contributed by atoms with Gasteiger partial charge in [0.2, 0.25) is 5.76 Å². The number of rotatable bonds is 2. The van der Waals surface area contributed by atoms with Crippen LogP contribution in [0.15, 0.2) is 33.6 Å². The summed E-state index contributed by atoms with van der Waals surface area (Å²) < 4.78 is 5.68. The van der Waals surface area contributed by atoms with E-state index in [0.29, 0.717) is 16.0 Å². The first-order valence-electron chi connectivity index (χ1n) is 4.50. The summed E-state index contributed by atoms with van der Waals surface area (Å²) in [7, 11) is 0. The van der Waals surface area contributed by atoms with Gasteiger partial charge in [-0.1, -0.05) is 0 Å². The number of aryl methyl sites for hydroxylation is 1. The van der Waals surface area contributed by atoms with Crippen LogP contribution in [0.3, 0.4) is 0 Å². The first-order valence-corrected chi connectivity index (χ1v) is 5.29. The molecule has 16 heavy (non-hydrogen) atoms. The van der Waals surface area contributed by atoms with Crippen molar-refractivity contribution >= 4 is 27.7 Å². The molecule has 0 aliphatic carbocycles. The molecule has 0 bridgehead atoms. The van der Waals surface area contributed by atoms with Crippen molar-refractivity contribution in [2.75, 3.05) is 5.32 Å². The lowest BCUT2D eigenvalue weighted by atomic mass is 10.3. The Morgan fingerprint density at radius 2 is 2.31 bits per heavy atom. The molecule has 0 aliphatic heterocycles. The lowest BCUT2D eigenvalue weighted by molar-refractivity contribution is 0.0995. The van der Waals surface area contributed by atoms with Crippen LogP contribution in [0.25, 0.3) is 0 Å². The van der Waals surface area contributed by atoms with Gasteiger partial charge in [0.05, 0.1) is 10.2 Å². The van der Waals surface area contributed by atoms with Crippen molar-refractivity contribution in [3.8, 4) is 0 Å². The molecule has 82 valence electrons. The molecule has 0 aromatic carbocycles. The quantitative estimate of drug-likeness (QED) is 0.918. The SMILES string of the molecule is Cc1ncoc1C(=O)Nc1ncccc1Br. The number of carbonyl (C=O) groups excluding carboxylic acids is 1. The van der Waals surface area contributed by atoms with Crippen LogP contribution in [0.4, 0.5) is 5.82 Å². The van der Waals surface area contributed by atoms with Gasteiger partial charge < -0.3 is 9.73 Å². The Bertz CT molecular complexity index is 524. The normalized spacial score (nSPS) is 10.1. The van der Waals surface area contributed by atoms with Crippen molar-refractivity contribution < 1.29 is 9.21 Å². The van der Waals surface area contributed by atoms with Crippen LogP contribution in [-0.4, -0.2) is 15.9 Å². The third kappa shape index (κ3) is 2.11. The van der Waals surface area contributed by atoms with Gasteiger partial charge in [-0.2, -0.15) is 0 Å². The highest BCUT2D eigenvalue weighted by Gasteiger charge is 2.15. The summed E-state index contributed by atoms with van der Waals surface area (Å²) in [6, 6.07) is 3.55. The topological polar surface area (TPSA) is 68.0 Å². The number of hydrogen-bond donors (Lipinski definition) is 1. The van der Waals surface area contributed by atoms with Gasteiger partial charge in [-0.25, -0.2) is 9.97 Å². The van der Waals surface area contributed by atoms with E-state index < -0.39 is 0 Å². The van der Waals surface area contributed by atoms with Gasteiger partial charge in [0.15, 0.2) is 6.39 Å². The standard InChI is InChI=1S/C10H8BrN3O2/c1-6-8(16-5-13-6)10(15)14-9-7(11)3-2-4-12-9/h2-5H,1H3,(H,12,14,15). The summed E-state index contributed by atoms with van der Waals surface area (Å²) in [6.45, 7) is 1.70. The second-order valence-corrected chi connectivity index (χ2v) is 3.91. The molecule has 0 saturated heterocycles. The van der Waals surface area contributed by atoms with Crippen LogP contribution in [0.1, 0.15) is 16.2 Å². The largest absolute Gasteiger partial charge is 0.438 e. The molecule has 0 atom stereocenters. The number of nitrogens with one attached hydrogen (secondary N) is 1. The summed E-state index contributed by atoms with van der Waals surface area (Å²) >= 11 is 3.28. The van der Waals surface area contributed by atoms with Crippen molar-refractivity contribution in [3.05, 3.63) is 40.7 Å². The van der Waals surface area contributed by atoms with Crippen LogP contribution in [0.2, 0.25) is 0 Å². The lowest BCUT2D eigenvalue weighted by Gasteiger charge is -2.03. The van der Waals surface area contributed by atoms with Gasteiger partial charge in [0.1, 0.15) is 5.82 Å². The maximum atomic E-state index is 11.7. The highest BCUT2D eigenvalue weighted by Crippen LogP contribution is 2.19. The summed E-state index contributed by atoms with van der Waals surface area (Å²) in [5.74, 6) is 0.273. The number of aromatic nitrogens is 2. The third-order valence-electron chi connectivity index (χ3n) is 1.94. The summed E-state index contributed by atoms with van der Waals surface area (Å²) in [4.78, 5) is 19.6. The van der Waals surface area contributed by atoms with Gasteiger partial charge in [0, 0.05) is 6.20 Å². The molecule has 2 rings (SSSR count). The predicted molar refractivity (Wildman–Crippen MR) is 61.1 cm³/mol. The zero-order valence-corrected chi connectivity index (χ0v) is 9.98. The first-order chi connectivity index (χ1) is 7.68. The Morgan fingerprint density at radius 1 is 1.50 bits per heavy atom. The molecule has 2 heterocycles. The Morgan fingerprint density at radius 3 is 2.94 bits per heavy atom. The zero-order valence-electron chi connectivity index (χ0n) is 8.40. The molecular weight excluding hydrogens is 274 g/mol. The van der Waals surface area contributed by atoms with Gasteiger partial charge >= 0.3 is 0 Å². The van der Waals surface area contributed by atoms with Crippen LogP contribution in [-0.2, 0) is 0 Å². The van der Waals surface area contributed by atoms with E-state index in [0.717, 1.165) is 0 Å². The molecule has 0 spiro atoms. The Kier molecular flexibility index (Phi) is 3.00. The minimum Gasteiger partial charge on any atom is -0.438 e. The average Bonchev–Trinajstić information content (AvgIpc) is 2.68. The van der Waals surface area contributed by atoms with E-state index in [9.17, 15) is 4.79 Å². The van der Waals surface area contributed by atoms with E-state index in [1.54, 1.807) is 25.3 Å². The molecule has 0 fully saturated rings. The molecule has 0 aliphatic rings. The number of pyridine rings is 1. The second kappa shape index (κ2) is 4.44. The number of carbonyl (C=O) groups is 1. The molecule has 2 aromatic heterocycles. The molecule has 2 aromatic rings. The Hall–Kier alpha value is -1.69. The number of hydrogen-bond acceptors (Lipinski definition) is 4. The van der Waals surface area contributed by atoms with Gasteiger partial charge in [0.25, 0.3) is 5.91 Å². The Balaban J connectivity index is 2.21. The van der Waals surface area contributed by atoms with Crippen molar-refractivity contribution in [2.24, 2.45) is 0 Å². The highest BCUT2D eigenvalue weighted by molar-refractivity contribution is 9.10. The third-order valence-corrected chi connectivity index (χ3v) is 2.58. The maximum absolute atomic E-state index is 11.7. The van der Waals surface area contributed by atoms with Crippen LogP contribution in [0.5, 0.6) is 0 Å². The molecule has 0 radical (unpaired) electrons. The van der Waals surface area contributed by atoms with Crippen molar-refractivity contribution in [1.82, 2.24) is 9.97 Å². The van der Waals surface area contributed by atoms with Crippen molar-refractivity contribution in [2.45, 2.75) is 6.92 Å². The van der Waals surface area contributed by atoms with Crippen LogP contribution in [0, 0.1) is 6.92 Å². The fourth-order valence-electron chi connectivity index (χ4n) is 1.16. The van der Waals surface area contributed by atoms with E-state index in [1.807, 2.05) is 0 Å². The number of anilines is 1. The van der Waals surface area contributed by atoms with E-state index in [4.69, 9.17) is 4.42 Å². The smallest absolute Gasteiger partial charge is 0.294 e. The molecule has 1 N–H and O–H groups in total. The second-order valence-electron chi connectivity index (χ2n) is 3.05.